The number of benzene rings is 1. The number of ether oxygens (including phenoxy) is 1. The van der Waals surface area contributed by atoms with Gasteiger partial charge in [-0.25, -0.2) is 4.39 Å². The van der Waals surface area contributed by atoms with Gasteiger partial charge in [-0.1, -0.05) is 18.2 Å². The van der Waals surface area contributed by atoms with Crippen LogP contribution in [0.5, 0.6) is 0 Å². The van der Waals surface area contributed by atoms with E-state index in [9.17, 15) is 14.0 Å². The first-order valence-corrected chi connectivity index (χ1v) is 7.30. The van der Waals surface area contributed by atoms with Crippen LogP contribution in [0.1, 0.15) is 22.3 Å². The third-order valence-electron chi connectivity index (χ3n) is 2.74. The molecule has 0 aliphatic carbocycles. The van der Waals surface area contributed by atoms with Gasteiger partial charge in [0.15, 0.2) is 0 Å². The molecular weight excluding hydrogens is 293 g/mol. The predicted molar refractivity (Wildman–Crippen MR) is 77.5 cm³/mol. The number of rotatable bonds is 6. The second kappa shape index (κ2) is 7.54. The molecule has 0 aliphatic heterocycles. The van der Waals surface area contributed by atoms with Crippen LogP contribution in [-0.4, -0.2) is 18.4 Å². The van der Waals surface area contributed by atoms with Gasteiger partial charge in [-0.05, 0) is 17.5 Å². The summed E-state index contributed by atoms with van der Waals surface area (Å²) in [6.45, 7) is 0.0781. The number of esters is 1. The second-order valence-electron chi connectivity index (χ2n) is 4.27. The number of halogens is 1. The molecule has 0 saturated heterocycles. The Morgan fingerprint density at radius 2 is 2.05 bits per heavy atom. The number of hydrogen-bond donors (Lipinski definition) is 1. The molecule has 110 valence electrons. The van der Waals surface area contributed by atoms with Crippen molar-refractivity contribution in [1.29, 1.82) is 0 Å². The first-order chi connectivity index (χ1) is 10.2. The lowest BCUT2D eigenvalue weighted by Gasteiger charge is -2.06. The molecular formula is C15H14FNO3S. The van der Waals surface area contributed by atoms with Crippen molar-refractivity contribution < 1.29 is 18.7 Å². The molecule has 0 saturated carbocycles. The van der Waals surface area contributed by atoms with E-state index in [4.69, 9.17) is 4.74 Å². The van der Waals surface area contributed by atoms with Crippen LogP contribution >= 0.6 is 11.3 Å². The van der Waals surface area contributed by atoms with Crippen LogP contribution in [0.4, 0.5) is 4.39 Å². The molecule has 0 atom stereocenters. The molecule has 0 fully saturated rings. The van der Waals surface area contributed by atoms with Gasteiger partial charge in [0.05, 0.1) is 6.42 Å². The number of carbonyl (C=O) groups excluding carboxylic acids is 2. The first kappa shape index (κ1) is 15.2. The summed E-state index contributed by atoms with van der Waals surface area (Å²) in [5.41, 5.74) is 0.896. The summed E-state index contributed by atoms with van der Waals surface area (Å²) in [7, 11) is 0. The minimum Gasteiger partial charge on any atom is -0.461 e. The minimum absolute atomic E-state index is 0.0460. The highest BCUT2D eigenvalue weighted by molar-refractivity contribution is 7.08. The van der Waals surface area contributed by atoms with E-state index in [-0.39, 0.29) is 25.5 Å². The number of thiophene rings is 1. The Morgan fingerprint density at radius 1 is 1.24 bits per heavy atom. The van der Waals surface area contributed by atoms with Crippen LogP contribution in [0.3, 0.4) is 0 Å². The number of hydrogen-bond acceptors (Lipinski definition) is 4. The topological polar surface area (TPSA) is 55.4 Å². The fourth-order valence-corrected chi connectivity index (χ4v) is 2.26. The van der Waals surface area contributed by atoms with Crippen LogP contribution in [-0.2, 0) is 16.1 Å². The molecule has 4 nitrogen and oxygen atoms in total. The van der Waals surface area contributed by atoms with Gasteiger partial charge >= 0.3 is 5.97 Å². The summed E-state index contributed by atoms with van der Waals surface area (Å²) in [4.78, 5) is 23.1. The zero-order valence-electron chi connectivity index (χ0n) is 11.2. The monoisotopic (exact) mass is 307 g/mol. The Hall–Kier alpha value is -2.21. The van der Waals surface area contributed by atoms with E-state index in [2.05, 4.69) is 5.32 Å². The predicted octanol–water partition coefficient (Wildman–Crippen LogP) is 2.75. The molecule has 1 heterocycles. The molecule has 1 N–H and O–H groups in total. The summed E-state index contributed by atoms with van der Waals surface area (Å²) in [5, 5.41) is 6.15. The molecule has 0 unspecified atom stereocenters. The van der Waals surface area contributed by atoms with Crippen molar-refractivity contribution in [3.05, 3.63) is 58.0 Å². The van der Waals surface area contributed by atoms with Crippen molar-refractivity contribution in [2.24, 2.45) is 0 Å². The molecule has 0 radical (unpaired) electrons. The Balaban J connectivity index is 1.68. The van der Waals surface area contributed by atoms with Crippen molar-refractivity contribution in [1.82, 2.24) is 5.32 Å². The fourth-order valence-electron chi connectivity index (χ4n) is 1.62. The number of nitrogens with one attached hydrogen (secondary N) is 1. The lowest BCUT2D eigenvalue weighted by Crippen LogP contribution is -2.26. The third-order valence-corrected chi connectivity index (χ3v) is 3.43. The summed E-state index contributed by atoms with van der Waals surface area (Å²) in [5.74, 6) is -1.11. The van der Waals surface area contributed by atoms with Gasteiger partial charge in [0.25, 0.3) is 5.91 Å². The van der Waals surface area contributed by atoms with Crippen LogP contribution < -0.4 is 5.32 Å². The van der Waals surface area contributed by atoms with Crippen molar-refractivity contribution >= 4 is 23.2 Å². The summed E-state index contributed by atoms with van der Waals surface area (Å²) in [6.07, 6.45) is 0.0460. The third kappa shape index (κ3) is 4.68. The van der Waals surface area contributed by atoms with Gasteiger partial charge in [-0.3, -0.25) is 9.59 Å². The lowest BCUT2D eigenvalue weighted by molar-refractivity contribution is -0.144. The lowest BCUT2D eigenvalue weighted by atomic mass is 10.2. The number of amides is 1. The molecule has 1 amide bonds. The SMILES string of the molecule is O=C(CCNC(=O)c1ccsc1)OCc1ccccc1F. The summed E-state index contributed by atoms with van der Waals surface area (Å²) >= 11 is 1.43. The van der Waals surface area contributed by atoms with Crippen LogP contribution in [0, 0.1) is 5.82 Å². The van der Waals surface area contributed by atoms with E-state index < -0.39 is 11.8 Å². The zero-order valence-corrected chi connectivity index (χ0v) is 12.0. The Kier molecular flexibility index (Phi) is 5.45. The Labute approximate surface area is 125 Å². The second-order valence-corrected chi connectivity index (χ2v) is 5.05. The smallest absolute Gasteiger partial charge is 0.307 e. The van der Waals surface area contributed by atoms with E-state index in [1.54, 1.807) is 35.0 Å². The van der Waals surface area contributed by atoms with Crippen molar-refractivity contribution in [3.63, 3.8) is 0 Å². The zero-order chi connectivity index (χ0) is 15.1. The normalized spacial score (nSPS) is 10.1. The molecule has 0 aliphatic rings. The fraction of sp³-hybridized carbons (Fsp3) is 0.200. The standard InChI is InChI=1S/C15H14FNO3S/c16-13-4-2-1-3-11(13)9-20-14(18)5-7-17-15(19)12-6-8-21-10-12/h1-4,6,8,10H,5,7,9H2,(H,17,19). The average Bonchev–Trinajstić information content (AvgIpc) is 3.00. The molecule has 0 spiro atoms. The highest BCUT2D eigenvalue weighted by Gasteiger charge is 2.08. The summed E-state index contributed by atoms with van der Waals surface area (Å²) in [6, 6.07) is 7.82. The maximum absolute atomic E-state index is 13.3. The van der Waals surface area contributed by atoms with E-state index in [1.165, 1.54) is 17.4 Å². The van der Waals surface area contributed by atoms with Gasteiger partial charge in [0.1, 0.15) is 12.4 Å². The largest absolute Gasteiger partial charge is 0.461 e. The van der Waals surface area contributed by atoms with Crippen molar-refractivity contribution in [2.75, 3.05) is 6.54 Å². The molecule has 1 aromatic heterocycles. The van der Waals surface area contributed by atoms with Gasteiger partial charge in [-0.2, -0.15) is 11.3 Å². The average molecular weight is 307 g/mol. The molecule has 1 aromatic carbocycles. The highest BCUT2D eigenvalue weighted by Crippen LogP contribution is 2.08. The molecule has 0 bridgehead atoms. The summed E-state index contributed by atoms with van der Waals surface area (Å²) < 4.78 is 18.3. The van der Waals surface area contributed by atoms with E-state index in [0.29, 0.717) is 11.1 Å². The molecule has 6 heteroatoms. The molecule has 2 rings (SSSR count). The van der Waals surface area contributed by atoms with Crippen LogP contribution in [0.25, 0.3) is 0 Å². The van der Waals surface area contributed by atoms with E-state index in [1.807, 2.05) is 0 Å². The first-order valence-electron chi connectivity index (χ1n) is 6.36. The molecule has 21 heavy (non-hydrogen) atoms. The minimum atomic E-state index is -0.483. The molecule has 2 aromatic rings. The van der Waals surface area contributed by atoms with Crippen LogP contribution in [0.2, 0.25) is 0 Å². The van der Waals surface area contributed by atoms with Crippen LogP contribution in [0.15, 0.2) is 41.1 Å². The van der Waals surface area contributed by atoms with Gasteiger partial charge in [0, 0.05) is 23.1 Å². The van der Waals surface area contributed by atoms with Gasteiger partial charge in [0.2, 0.25) is 0 Å². The van der Waals surface area contributed by atoms with E-state index in [0.717, 1.165) is 0 Å². The van der Waals surface area contributed by atoms with Gasteiger partial charge in [-0.15, -0.1) is 0 Å². The maximum Gasteiger partial charge on any atom is 0.307 e. The van der Waals surface area contributed by atoms with Gasteiger partial charge < -0.3 is 10.1 Å². The van der Waals surface area contributed by atoms with Crippen molar-refractivity contribution in [2.45, 2.75) is 13.0 Å². The maximum atomic E-state index is 13.3. The van der Waals surface area contributed by atoms with Crippen molar-refractivity contribution in [3.8, 4) is 0 Å². The van der Waals surface area contributed by atoms with E-state index >= 15 is 0 Å². The highest BCUT2D eigenvalue weighted by atomic mass is 32.1. The Morgan fingerprint density at radius 3 is 2.76 bits per heavy atom. The Bertz CT molecular complexity index is 613. The number of carbonyl (C=O) groups is 2. The quantitative estimate of drug-likeness (QED) is 0.835.